The van der Waals surface area contributed by atoms with Crippen molar-refractivity contribution in [3.8, 4) is 5.75 Å². The number of aryl methyl sites for hydroxylation is 2. The minimum Gasteiger partial charge on any atom is -0.494 e. The quantitative estimate of drug-likeness (QED) is 0.589. The van der Waals surface area contributed by atoms with E-state index < -0.39 is 6.04 Å². The van der Waals surface area contributed by atoms with Crippen molar-refractivity contribution in [1.29, 1.82) is 0 Å². The maximum atomic E-state index is 13.1. The predicted molar refractivity (Wildman–Crippen MR) is 125 cm³/mol. The number of ether oxygens (including phenoxy) is 1. The fourth-order valence-electron chi connectivity index (χ4n) is 3.14. The molecule has 5 heteroatoms. The molecule has 0 aliphatic heterocycles. The zero-order valence-electron chi connectivity index (χ0n) is 19.7. The van der Waals surface area contributed by atoms with Crippen LogP contribution in [0.1, 0.15) is 57.2 Å². The molecule has 1 N–H and O–H groups in total. The summed E-state index contributed by atoms with van der Waals surface area (Å²) in [4.78, 5) is 27.5. The molecule has 0 spiro atoms. The van der Waals surface area contributed by atoms with Crippen molar-refractivity contribution in [2.75, 3.05) is 6.61 Å². The van der Waals surface area contributed by atoms with E-state index in [1.807, 2.05) is 83.1 Å². The molecule has 0 bridgehead atoms. The second-order valence-electron chi connectivity index (χ2n) is 9.19. The summed E-state index contributed by atoms with van der Waals surface area (Å²) in [5, 5.41) is 2.98. The van der Waals surface area contributed by atoms with Crippen molar-refractivity contribution in [3.63, 3.8) is 0 Å². The summed E-state index contributed by atoms with van der Waals surface area (Å²) in [5.41, 5.74) is 2.99. The highest BCUT2D eigenvalue weighted by Gasteiger charge is 2.28. The molecule has 0 saturated carbocycles. The minimum absolute atomic E-state index is 0.0513. The van der Waals surface area contributed by atoms with Crippen molar-refractivity contribution < 1.29 is 14.3 Å². The van der Waals surface area contributed by atoms with Crippen molar-refractivity contribution >= 4 is 11.8 Å². The van der Waals surface area contributed by atoms with Gasteiger partial charge in [-0.1, -0.05) is 47.5 Å². The van der Waals surface area contributed by atoms with Gasteiger partial charge >= 0.3 is 0 Å². The van der Waals surface area contributed by atoms with Gasteiger partial charge in [0.2, 0.25) is 11.8 Å². The van der Waals surface area contributed by atoms with Crippen molar-refractivity contribution in [1.82, 2.24) is 10.2 Å². The molecule has 31 heavy (non-hydrogen) atoms. The molecule has 0 unspecified atom stereocenters. The van der Waals surface area contributed by atoms with Gasteiger partial charge in [-0.15, -0.1) is 0 Å². The second kappa shape index (κ2) is 11.0. The summed E-state index contributed by atoms with van der Waals surface area (Å²) < 4.78 is 5.75. The molecule has 168 valence electrons. The smallest absolute Gasteiger partial charge is 0.242 e. The van der Waals surface area contributed by atoms with E-state index in [4.69, 9.17) is 4.74 Å². The number of carbonyl (C=O) groups is 2. The van der Waals surface area contributed by atoms with Gasteiger partial charge in [-0.2, -0.15) is 0 Å². The Morgan fingerprint density at radius 1 is 0.968 bits per heavy atom. The third kappa shape index (κ3) is 8.44. The molecule has 0 aromatic heterocycles. The number of amides is 2. The molecule has 2 aromatic carbocycles. The van der Waals surface area contributed by atoms with Gasteiger partial charge in [0.05, 0.1) is 6.61 Å². The molecular weight excluding hydrogens is 388 g/mol. The first-order valence-electron chi connectivity index (χ1n) is 10.9. The van der Waals surface area contributed by atoms with Crippen LogP contribution >= 0.6 is 0 Å². The van der Waals surface area contributed by atoms with Gasteiger partial charge in [0.1, 0.15) is 11.8 Å². The number of nitrogens with one attached hydrogen (secondary N) is 1. The maximum Gasteiger partial charge on any atom is 0.242 e. The third-order valence-corrected chi connectivity index (χ3v) is 4.96. The highest BCUT2D eigenvalue weighted by atomic mass is 16.5. The lowest BCUT2D eigenvalue weighted by Crippen LogP contribution is -2.52. The van der Waals surface area contributed by atoms with Crippen molar-refractivity contribution in [2.24, 2.45) is 0 Å². The lowest BCUT2D eigenvalue weighted by Gasteiger charge is -2.31. The molecule has 0 radical (unpaired) electrons. The maximum absolute atomic E-state index is 13.1. The van der Waals surface area contributed by atoms with Crippen LogP contribution < -0.4 is 10.1 Å². The lowest BCUT2D eigenvalue weighted by atomic mass is 10.1. The summed E-state index contributed by atoms with van der Waals surface area (Å²) in [6.45, 7) is 12.5. The molecule has 0 heterocycles. The topological polar surface area (TPSA) is 58.6 Å². The molecule has 0 fully saturated rings. The van der Waals surface area contributed by atoms with Crippen LogP contribution in [0.25, 0.3) is 0 Å². The standard InChI is InChI=1S/C26H36N2O3/c1-19-9-13-22(14-10-19)18-28(21(3)25(30)27-26(4,5)6)24(29)8-7-17-31-23-15-11-20(2)12-16-23/h9-16,21H,7-8,17-18H2,1-6H3,(H,27,30)/t21-/m0/s1. The van der Waals surface area contributed by atoms with Crippen LogP contribution in [0.5, 0.6) is 5.75 Å². The Hall–Kier alpha value is -2.82. The average molecular weight is 425 g/mol. The van der Waals surface area contributed by atoms with E-state index in [0.29, 0.717) is 26.0 Å². The largest absolute Gasteiger partial charge is 0.494 e. The summed E-state index contributed by atoms with van der Waals surface area (Å²) in [7, 11) is 0. The Morgan fingerprint density at radius 3 is 2.06 bits per heavy atom. The first-order valence-corrected chi connectivity index (χ1v) is 10.9. The van der Waals surface area contributed by atoms with Crippen molar-refractivity contribution in [3.05, 3.63) is 65.2 Å². The lowest BCUT2D eigenvalue weighted by molar-refractivity contribution is -0.141. The molecule has 1 atom stereocenters. The number of hydrogen-bond acceptors (Lipinski definition) is 3. The van der Waals surface area contributed by atoms with Crippen LogP contribution in [-0.4, -0.2) is 34.9 Å². The highest BCUT2D eigenvalue weighted by Crippen LogP contribution is 2.15. The second-order valence-corrected chi connectivity index (χ2v) is 9.19. The van der Waals surface area contributed by atoms with E-state index >= 15 is 0 Å². The Labute approximate surface area is 186 Å². The van der Waals surface area contributed by atoms with Crippen LogP contribution in [0.4, 0.5) is 0 Å². The Bertz CT molecular complexity index is 852. The fourth-order valence-corrected chi connectivity index (χ4v) is 3.14. The first-order chi connectivity index (χ1) is 14.5. The number of nitrogens with zero attached hydrogens (tertiary/aromatic N) is 1. The van der Waals surface area contributed by atoms with Crippen molar-refractivity contribution in [2.45, 2.75) is 72.5 Å². The molecule has 0 aliphatic rings. The van der Waals surface area contributed by atoms with E-state index in [1.165, 1.54) is 5.56 Å². The summed E-state index contributed by atoms with van der Waals surface area (Å²) in [5.74, 6) is 0.598. The zero-order chi connectivity index (χ0) is 23.0. The number of benzene rings is 2. The summed E-state index contributed by atoms with van der Waals surface area (Å²) in [6.07, 6.45) is 0.912. The Morgan fingerprint density at radius 2 is 1.52 bits per heavy atom. The van der Waals surface area contributed by atoms with Gasteiger partial charge in [0.25, 0.3) is 0 Å². The van der Waals surface area contributed by atoms with E-state index in [0.717, 1.165) is 16.9 Å². The van der Waals surface area contributed by atoms with Gasteiger partial charge < -0.3 is 15.0 Å². The fraction of sp³-hybridized carbons (Fsp3) is 0.462. The first kappa shape index (κ1) is 24.4. The number of carbonyl (C=O) groups excluding carboxylic acids is 2. The van der Waals surface area contributed by atoms with Gasteiger partial charge in [-0.25, -0.2) is 0 Å². The average Bonchev–Trinajstić information content (AvgIpc) is 2.70. The molecule has 2 aromatic rings. The van der Waals surface area contributed by atoms with Gasteiger partial charge in [-0.05, 0) is 65.7 Å². The molecule has 5 nitrogen and oxygen atoms in total. The zero-order valence-corrected chi connectivity index (χ0v) is 19.7. The SMILES string of the molecule is Cc1ccc(CN(C(=O)CCCOc2ccc(C)cc2)[C@@H](C)C(=O)NC(C)(C)C)cc1. The minimum atomic E-state index is -0.564. The number of hydrogen-bond donors (Lipinski definition) is 1. The monoisotopic (exact) mass is 424 g/mol. The van der Waals surface area contributed by atoms with E-state index in [2.05, 4.69) is 5.32 Å². The third-order valence-electron chi connectivity index (χ3n) is 4.96. The van der Waals surface area contributed by atoms with Crippen LogP contribution in [0.15, 0.2) is 48.5 Å². The molecule has 2 amide bonds. The van der Waals surface area contributed by atoms with E-state index in [9.17, 15) is 9.59 Å². The Kier molecular flexibility index (Phi) is 8.66. The molecule has 2 rings (SSSR count). The number of rotatable bonds is 9. The summed E-state index contributed by atoms with van der Waals surface area (Å²) >= 11 is 0. The van der Waals surface area contributed by atoms with Gasteiger partial charge in [0, 0.05) is 18.5 Å². The van der Waals surface area contributed by atoms with Gasteiger partial charge in [-0.3, -0.25) is 9.59 Å². The van der Waals surface area contributed by atoms with E-state index in [-0.39, 0.29) is 17.4 Å². The Balaban J connectivity index is 2.01. The normalized spacial score (nSPS) is 12.2. The van der Waals surface area contributed by atoms with Gasteiger partial charge in [0.15, 0.2) is 0 Å². The van der Waals surface area contributed by atoms with Crippen LogP contribution in [0.2, 0.25) is 0 Å². The van der Waals surface area contributed by atoms with Crippen LogP contribution in [0.3, 0.4) is 0 Å². The summed E-state index contributed by atoms with van der Waals surface area (Å²) in [6, 6.07) is 15.3. The molecule has 0 saturated heterocycles. The van der Waals surface area contributed by atoms with Crippen LogP contribution in [-0.2, 0) is 16.1 Å². The molecular formula is C26H36N2O3. The predicted octanol–water partition coefficient (Wildman–Crippen LogP) is 4.79. The molecule has 0 aliphatic carbocycles. The highest BCUT2D eigenvalue weighted by molar-refractivity contribution is 5.87. The van der Waals surface area contributed by atoms with Crippen LogP contribution in [0, 0.1) is 13.8 Å². The van der Waals surface area contributed by atoms with E-state index in [1.54, 1.807) is 11.8 Å².